The third-order valence-corrected chi connectivity index (χ3v) is 6.94. The Hall–Kier alpha value is -2.95. The lowest BCUT2D eigenvalue weighted by atomic mass is 10.1. The summed E-state index contributed by atoms with van der Waals surface area (Å²) in [5, 5.41) is 4.10. The molecule has 0 nitrogen and oxygen atoms in total. The highest BCUT2D eigenvalue weighted by Crippen LogP contribution is 2.49. The maximum atomic E-state index is 2.35. The molecule has 0 aliphatic heterocycles. The molecule has 0 radical (unpaired) electrons. The summed E-state index contributed by atoms with van der Waals surface area (Å²) in [6.45, 7) is 0. The minimum Gasteiger partial charge on any atom is -0.0622 e. The lowest BCUT2D eigenvalue weighted by Crippen LogP contribution is -2.12. The summed E-state index contributed by atoms with van der Waals surface area (Å²) >= 11 is 0. The van der Waals surface area contributed by atoms with Crippen LogP contribution >= 0.6 is 7.92 Å². The van der Waals surface area contributed by atoms with E-state index in [4.69, 9.17) is 0 Å². The second-order valence-electron chi connectivity index (χ2n) is 6.31. The molecule has 0 atom stereocenters. The molecule has 0 amide bonds. The van der Waals surface area contributed by atoms with Gasteiger partial charge >= 0.3 is 0 Å². The van der Waals surface area contributed by atoms with Gasteiger partial charge < -0.3 is 0 Å². The first-order chi connectivity index (χ1) is 13.4. The molecule has 4 rings (SSSR count). The van der Waals surface area contributed by atoms with Crippen molar-refractivity contribution in [2.45, 2.75) is 0 Å². The van der Waals surface area contributed by atoms with E-state index in [1.54, 1.807) is 0 Å². The van der Waals surface area contributed by atoms with Gasteiger partial charge in [-0.25, -0.2) is 0 Å². The largest absolute Gasteiger partial charge is 0.0622 e. The number of benzene rings is 4. The van der Waals surface area contributed by atoms with Crippen LogP contribution in [0.5, 0.6) is 0 Å². The zero-order valence-corrected chi connectivity index (χ0v) is 16.0. The van der Waals surface area contributed by atoms with Crippen molar-refractivity contribution in [1.29, 1.82) is 0 Å². The topological polar surface area (TPSA) is 0 Å². The van der Waals surface area contributed by atoms with Gasteiger partial charge in [-0.15, -0.1) is 0 Å². The minimum absolute atomic E-state index is 0.653. The smallest absolute Gasteiger partial charge is 0.00727 e. The summed E-state index contributed by atoms with van der Waals surface area (Å²) in [7, 11) is -0.653. The van der Waals surface area contributed by atoms with Crippen molar-refractivity contribution in [3.05, 3.63) is 132 Å². The Morgan fingerprint density at radius 2 is 0.889 bits per heavy atom. The molecule has 0 saturated carbocycles. The van der Waals surface area contributed by atoms with Crippen LogP contribution in [-0.4, -0.2) is 0 Å². The van der Waals surface area contributed by atoms with Crippen molar-refractivity contribution in [2.24, 2.45) is 0 Å². The van der Waals surface area contributed by atoms with E-state index >= 15 is 0 Å². The van der Waals surface area contributed by atoms with Crippen molar-refractivity contribution in [2.75, 3.05) is 0 Å². The van der Waals surface area contributed by atoms with Crippen LogP contribution in [0.25, 0.3) is 11.4 Å². The Morgan fingerprint density at radius 3 is 1.37 bits per heavy atom. The molecule has 130 valence electrons. The van der Waals surface area contributed by atoms with Crippen LogP contribution in [0.15, 0.2) is 121 Å². The van der Waals surface area contributed by atoms with E-state index in [0.717, 1.165) is 0 Å². The van der Waals surface area contributed by atoms with Gasteiger partial charge in [0, 0.05) is 0 Å². The predicted octanol–water partition coefficient (Wildman–Crippen LogP) is 6.32. The molecule has 0 heterocycles. The van der Waals surface area contributed by atoms with E-state index < -0.39 is 7.92 Å². The SMILES string of the molecule is C(=C(/c1ccccc1)P(c1ccccc1)c1ccccc1)/c1ccccc1. The van der Waals surface area contributed by atoms with E-state index in [9.17, 15) is 0 Å². The predicted molar refractivity (Wildman–Crippen MR) is 120 cm³/mol. The molecule has 0 saturated heterocycles. The van der Waals surface area contributed by atoms with Crippen LogP contribution in [0.4, 0.5) is 0 Å². The van der Waals surface area contributed by atoms with Crippen molar-refractivity contribution < 1.29 is 0 Å². The van der Waals surface area contributed by atoms with Gasteiger partial charge in [0.2, 0.25) is 0 Å². The van der Waals surface area contributed by atoms with Crippen LogP contribution in [-0.2, 0) is 0 Å². The van der Waals surface area contributed by atoms with Gasteiger partial charge in [0.15, 0.2) is 0 Å². The van der Waals surface area contributed by atoms with Crippen molar-refractivity contribution in [3.8, 4) is 0 Å². The molecule has 0 fully saturated rings. The zero-order valence-electron chi connectivity index (χ0n) is 15.1. The summed E-state index contributed by atoms with van der Waals surface area (Å²) < 4.78 is 0. The highest BCUT2D eigenvalue weighted by molar-refractivity contribution is 7.82. The molecule has 0 aromatic heterocycles. The Bertz CT molecular complexity index is 952. The van der Waals surface area contributed by atoms with Gasteiger partial charge in [-0.1, -0.05) is 121 Å². The lowest BCUT2D eigenvalue weighted by Gasteiger charge is -2.23. The standard InChI is InChI=1S/C26H21P/c1-5-13-22(14-6-1)21-26(23-15-7-2-8-16-23)27(24-17-9-3-10-18-24)25-19-11-4-12-20-25/h1-21H/b26-21+. The van der Waals surface area contributed by atoms with Crippen molar-refractivity contribution in [1.82, 2.24) is 0 Å². The van der Waals surface area contributed by atoms with E-state index in [0.29, 0.717) is 0 Å². The molecular weight excluding hydrogens is 343 g/mol. The fraction of sp³-hybridized carbons (Fsp3) is 0. The fourth-order valence-corrected chi connectivity index (χ4v) is 5.65. The van der Waals surface area contributed by atoms with Crippen molar-refractivity contribution >= 4 is 29.9 Å². The molecule has 0 aliphatic carbocycles. The van der Waals surface area contributed by atoms with E-state index in [1.165, 1.54) is 27.1 Å². The van der Waals surface area contributed by atoms with Crippen LogP contribution < -0.4 is 10.6 Å². The van der Waals surface area contributed by atoms with Gasteiger partial charge in [-0.2, -0.15) is 0 Å². The Morgan fingerprint density at radius 1 is 0.481 bits per heavy atom. The summed E-state index contributed by atoms with van der Waals surface area (Å²) in [5.41, 5.74) is 2.51. The molecule has 0 spiro atoms. The first kappa shape index (κ1) is 17.5. The Labute approximate surface area is 162 Å². The lowest BCUT2D eigenvalue weighted by molar-refractivity contribution is 1.63. The minimum atomic E-state index is -0.653. The van der Waals surface area contributed by atoms with Gasteiger partial charge in [0.1, 0.15) is 0 Å². The van der Waals surface area contributed by atoms with Crippen LogP contribution in [0.3, 0.4) is 0 Å². The van der Waals surface area contributed by atoms with Gasteiger partial charge in [0.05, 0.1) is 0 Å². The first-order valence-electron chi connectivity index (χ1n) is 9.14. The fourth-order valence-electron chi connectivity index (χ4n) is 3.17. The van der Waals surface area contributed by atoms with Crippen molar-refractivity contribution in [3.63, 3.8) is 0 Å². The monoisotopic (exact) mass is 364 g/mol. The zero-order chi connectivity index (χ0) is 18.3. The molecule has 4 aromatic carbocycles. The number of hydrogen-bond acceptors (Lipinski definition) is 0. The Balaban J connectivity index is 1.93. The molecule has 0 unspecified atom stereocenters. The first-order valence-corrected chi connectivity index (χ1v) is 10.5. The molecule has 4 aromatic rings. The molecule has 0 aliphatic rings. The molecule has 0 bridgehead atoms. The second kappa shape index (κ2) is 8.62. The number of hydrogen-bond donors (Lipinski definition) is 0. The average Bonchev–Trinajstić information content (AvgIpc) is 2.76. The third-order valence-electron chi connectivity index (χ3n) is 4.44. The summed E-state index contributed by atoms with van der Waals surface area (Å²) in [6, 6.07) is 43.1. The Kier molecular flexibility index (Phi) is 5.58. The van der Waals surface area contributed by atoms with Crippen LogP contribution in [0, 0.1) is 0 Å². The summed E-state index contributed by atoms with van der Waals surface area (Å²) in [6.07, 6.45) is 2.35. The summed E-state index contributed by atoms with van der Waals surface area (Å²) in [4.78, 5) is 0. The maximum absolute atomic E-state index is 2.35. The molecule has 1 heteroatoms. The molecular formula is C26H21P. The van der Waals surface area contributed by atoms with E-state index in [1.807, 2.05) is 0 Å². The normalized spacial score (nSPS) is 11.5. The van der Waals surface area contributed by atoms with Gasteiger partial charge in [0.25, 0.3) is 0 Å². The van der Waals surface area contributed by atoms with Crippen LogP contribution in [0.1, 0.15) is 11.1 Å². The van der Waals surface area contributed by atoms with E-state index in [-0.39, 0.29) is 0 Å². The highest BCUT2D eigenvalue weighted by Gasteiger charge is 2.20. The van der Waals surface area contributed by atoms with Gasteiger partial charge in [-0.05, 0) is 41.0 Å². The third kappa shape index (κ3) is 4.25. The maximum Gasteiger partial charge on any atom is -0.00727 e. The quantitative estimate of drug-likeness (QED) is 0.287. The number of rotatable bonds is 5. The second-order valence-corrected chi connectivity index (χ2v) is 8.50. The van der Waals surface area contributed by atoms with E-state index in [2.05, 4.69) is 127 Å². The van der Waals surface area contributed by atoms with Crippen LogP contribution in [0.2, 0.25) is 0 Å². The highest BCUT2D eigenvalue weighted by atomic mass is 31.1. The molecule has 27 heavy (non-hydrogen) atoms. The molecule has 0 N–H and O–H groups in total. The summed E-state index contributed by atoms with van der Waals surface area (Å²) in [5.74, 6) is 0. The van der Waals surface area contributed by atoms with Gasteiger partial charge in [-0.3, -0.25) is 0 Å². The average molecular weight is 364 g/mol.